The summed E-state index contributed by atoms with van der Waals surface area (Å²) in [6, 6.07) is 6.01. The van der Waals surface area contributed by atoms with E-state index in [9.17, 15) is 27.2 Å². The molecule has 0 bridgehead atoms. The number of nitrogens with two attached hydrogens (primary N) is 1. The predicted molar refractivity (Wildman–Crippen MR) is 112 cm³/mol. The minimum absolute atomic E-state index is 0. The van der Waals surface area contributed by atoms with Gasteiger partial charge in [0.15, 0.2) is 0 Å². The number of rotatable bonds is 7. The quantitative estimate of drug-likeness (QED) is 0.471. The van der Waals surface area contributed by atoms with Crippen LogP contribution >= 0.6 is 12.4 Å². The number of benzene rings is 1. The van der Waals surface area contributed by atoms with Gasteiger partial charge in [0.05, 0.1) is 35.9 Å². The van der Waals surface area contributed by atoms with E-state index in [0.29, 0.717) is 34.5 Å². The van der Waals surface area contributed by atoms with E-state index in [1.807, 2.05) is 6.07 Å². The lowest BCUT2D eigenvalue weighted by Gasteiger charge is -2.19. The monoisotopic (exact) mass is 477 g/mol. The fourth-order valence-corrected chi connectivity index (χ4v) is 3.36. The van der Waals surface area contributed by atoms with Gasteiger partial charge in [-0.3, -0.25) is 9.59 Å². The van der Waals surface area contributed by atoms with E-state index in [-0.39, 0.29) is 31.1 Å². The highest BCUT2D eigenvalue weighted by Crippen LogP contribution is 2.41. The molecular formula is C20H24ClF4N5O2. The lowest BCUT2D eigenvalue weighted by atomic mass is 10.1. The van der Waals surface area contributed by atoms with Crippen molar-refractivity contribution in [3.05, 3.63) is 35.7 Å². The Morgan fingerprint density at radius 1 is 1.09 bits per heavy atom. The van der Waals surface area contributed by atoms with Crippen LogP contribution < -0.4 is 11.1 Å². The minimum Gasteiger partial charge on any atom is -0.351 e. The van der Waals surface area contributed by atoms with Crippen LogP contribution in [0.2, 0.25) is 0 Å². The maximum atomic E-state index is 13.2. The summed E-state index contributed by atoms with van der Waals surface area (Å²) in [6.07, 6.45) is 0.979. The number of hydrogen-bond donors (Lipinski definition) is 2. The van der Waals surface area contributed by atoms with E-state index >= 15 is 0 Å². The van der Waals surface area contributed by atoms with Crippen LogP contribution in [0.4, 0.5) is 17.6 Å². The number of hydrogen-bond acceptors (Lipinski definition) is 5. The zero-order valence-corrected chi connectivity index (χ0v) is 18.1. The molecule has 7 nitrogen and oxygen atoms in total. The van der Waals surface area contributed by atoms with Crippen molar-refractivity contribution >= 4 is 35.3 Å². The van der Waals surface area contributed by atoms with Crippen LogP contribution in [-0.2, 0) is 4.79 Å². The second kappa shape index (κ2) is 9.95. The highest BCUT2D eigenvalue weighted by Gasteiger charge is 2.64. The van der Waals surface area contributed by atoms with Gasteiger partial charge in [-0.15, -0.1) is 12.4 Å². The number of aromatic nitrogens is 2. The van der Waals surface area contributed by atoms with Crippen molar-refractivity contribution in [3.63, 3.8) is 0 Å². The van der Waals surface area contributed by atoms with E-state index in [0.717, 1.165) is 0 Å². The number of halogens is 5. The number of alkyl halides is 4. The molecule has 1 aromatic carbocycles. The number of aryl methyl sites for hydroxylation is 1. The summed E-state index contributed by atoms with van der Waals surface area (Å²) < 4.78 is 53.0. The molecular weight excluding hydrogens is 454 g/mol. The van der Waals surface area contributed by atoms with Crippen LogP contribution in [0.15, 0.2) is 24.3 Å². The third-order valence-electron chi connectivity index (χ3n) is 5.13. The SMILES string of the molecule is Cc1nc2ccccc2nc1C(=O)NCCCC[C@H](N)C(=O)N1CC(F)(F)C(F)(F)C1.Cl. The lowest BCUT2D eigenvalue weighted by Crippen LogP contribution is -2.43. The van der Waals surface area contributed by atoms with E-state index in [1.54, 1.807) is 25.1 Å². The van der Waals surface area contributed by atoms with Crippen molar-refractivity contribution in [3.8, 4) is 0 Å². The fourth-order valence-electron chi connectivity index (χ4n) is 3.36. The van der Waals surface area contributed by atoms with Crippen molar-refractivity contribution in [2.75, 3.05) is 19.6 Å². The Morgan fingerprint density at radius 2 is 1.66 bits per heavy atom. The van der Waals surface area contributed by atoms with Gasteiger partial charge in [0, 0.05) is 6.54 Å². The van der Waals surface area contributed by atoms with Crippen LogP contribution in [0.25, 0.3) is 11.0 Å². The Kier molecular flexibility index (Phi) is 8.00. The number of para-hydroxylation sites is 2. The number of fused-ring (bicyclic) bond motifs is 1. The van der Waals surface area contributed by atoms with E-state index < -0.39 is 42.8 Å². The van der Waals surface area contributed by atoms with Gasteiger partial charge in [-0.25, -0.2) is 9.97 Å². The maximum absolute atomic E-state index is 13.2. The number of nitrogens with one attached hydrogen (secondary N) is 1. The molecule has 2 heterocycles. The molecule has 3 N–H and O–H groups in total. The molecule has 176 valence electrons. The molecule has 1 atom stereocenters. The average molecular weight is 478 g/mol. The van der Waals surface area contributed by atoms with Crippen molar-refractivity contribution < 1.29 is 27.2 Å². The number of likely N-dealkylation sites (tertiary alicyclic amines) is 1. The van der Waals surface area contributed by atoms with Crippen molar-refractivity contribution in [2.45, 2.75) is 44.1 Å². The maximum Gasteiger partial charge on any atom is 0.329 e. The molecule has 3 rings (SSSR count). The number of carbonyl (C=O) groups is 2. The minimum atomic E-state index is -4.25. The number of unbranched alkanes of at least 4 members (excludes halogenated alkanes) is 1. The molecule has 32 heavy (non-hydrogen) atoms. The lowest BCUT2D eigenvalue weighted by molar-refractivity contribution is -0.172. The largest absolute Gasteiger partial charge is 0.351 e. The van der Waals surface area contributed by atoms with Crippen LogP contribution in [0.1, 0.15) is 35.4 Å². The Hall–Kier alpha value is -2.53. The summed E-state index contributed by atoms with van der Waals surface area (Å²) in [6.45, 7) is -0.721. The topological polar surface area (TPSA) is 101 Å². The molecule has 0 saturated carbocycles. The molecule has 1 saturated heterocycles. The zero-order valence-electron chi connectivity index (χ0n) is 17.3. The smallest absolute Gasteiger partial charge is 0.329 e. The standard InChI is InChI=1S/C20H23F4N5O2.ClH/c1-12-16(28-15-8-3-2-7-14(15)27-12)17(30)26-9-5-4-6-13(25)18(31)29-10-19(21,22)20(23,24)11-29;/h2-3,7-8,13H,4-6,9-11,25H2,1H3,(H,26,30);1H/t13-;/m0./s1. The van der Waals surface area contributed by atoms with Crippen LogP contribution in [0.3, 0.4) is 0 Å². The van der Waals surface area contributed by atoms with Gasteiger partial charge < -0.3 is 16.0 Å². The predicted octanol–water partition coefficient (Wildman–Crippen LogP) is 2.70. The normalized spacial score (nSPS) is 17.6. The first-order valence-electron chi connectivity index (χ1n) is 9.83. The van der Waals surface area contributed by atoms with Gasteiger partial charge in [-0.1, -0.05) is 12.1 Å². The summed E-state index contributed by atoms with van der Waals surface area (Å²) in [7, 11) is 0. The fraction of sp³-hybridized carbons (Fsp3) is 0.500. The molecule has 0 spiro atoms. The molecule has 1 aromatic heterocycles. The zero-order chi connectivity index (χ0) is 22.8. The van der Waals surface area contributed by atoms with Gasteiger partial charge in [-0.05, 0) is 38.3 Å². The van der Waals surface area contributed by atoms with Gasteiger partial charge in [0.1, 0.15) is 5.69 Å². The third-order valence-corrected chi connectivity index (χ3v) is 5.13. The van der Waals surface area contributed by atoms with Crippen molar-refractivity contribution in [1.29, 1.82) is 0 Å². The van der Waals surface area contributed by atoms with E-state index in [2.05, 4.69) is 15.3 Å². The van der Waals surface area contributed by atoms with Gasteiger partial charge in [0.25, 0.3) is 5.91 Å². The third kappa shape index (κ3) is 5.44. The van der Waals surface area contributed by atoms with Crippen LogP contribution in [0, 0.1) is 6.92 Å². The summed E-state index contributed by atoms with van der Waals surface area (Å²) in [4.78, 5) is 33.5. The highest BCUT2D eigenvalue weighted by atomic mass is 35.5. The number of amides is 2. The average Bonchev–Trinajstić information content (AvgIpc) is 2.93. The summed E-state index contributed by atoms with van der Waals surface area (Å²) in [5, 5.41) is 2.71. The first-order chi connectivity index (χ1) is 14.5. The Bertz CT molecular complexity index is 976. The van der Waals surface area contributed by atoms with E-state index in [4.69, 9.17) is 5.73 Å². The first kappa shape index (κ1) is 25.7. The summed E-state index contributed by atoms with van der Waals surface area (Å²) in [5.74, 6) is -9.83. The Morgan fingerprint density at radius 3 is 2.25 bits per heavy atom. The summed E-state index contributed by atoms with van der Waals surface area (Å²) >= 11 is 0. The second-order valence-electron chi connectivity index (χ2n) is 7.61. The molecule has 0 aliphatic carbocycles. The Labute approximate surface area is 188 Å². The molecule has 12 heteroatoms. The van der Waals surface area contributed by atoms with Gasteiger partial charge in [-0.2, -0.15) is 17.6 Å². The first-order valence-corrected chi connectivity index (χ1v) is 9.83. The number of nitrogens with zero attached hydrogens (tertiary/aromatic N) is 3. The molecule has 1 aliphatic rings. The van der Waals surface area contributed by atoms with Crippen molar-refractivity contribution in [2.24, 2.45) is 5.73 Å². The van der Waals surface area contributed by atoms with Gasteiger partial charge >= 0.3 is 11.8 Å². The van der Waals surface area contributed by atoms with E-state index in [1.165, 1.54) is 0 Å². The Balaban J connectivity index is 0.00000363. The molecule has 0 radical (unpaired) electrons. The highest BCUT2D eigenvalue weighted by molar-refractivity contribution is 5.95. The molecule has 1 fully saturated rings. The van der Waals surface area contributed by atoms with Crippen LogP contribution in [0.5, 0.6) is 0 Å². The van der Waals surface area contributed by atoms with Crippen molar-refractivity contribution in [1.82, 2.24) is 20.2 Å². The number of carbonyl (C=O) groups excluding carboxylic acids is 2. The molecule has 2 aromatic rings. The molecule has 2 amide bonds. The van der Waals surface area contributed by atoms with Crippen LogP contribution in [-0.4, -0.2) is 64.2 Å². The second-order valence-corrected chi connectivity index (χ2v) is 7.61. The molecule has 0 unspecified atom stereocenters. The molecule has 1 aliphatic heterocycles. The van der Waals surface area contributed by atoms with Gasteiger partial charge in [0.2, 0.25) is 5.91 Å². The summed E-state index contributed by atoms with van der Waals surface area (Å²) in [5.41, 5.74) is 7.67.